The van der Waals surface area contributed by atoms with Crippen LogP contribution >= 0.6 is 0 Å². The fourth-order valence-electron chi connectivity index (χ4n) is 4.21. The van der Waals surface area contributed by atoms with Gasteiger partial charge in [-0.2, -0.15) is 0 Å². The van der Waals surface area contributed by atoms with Crippen molar-refractivity contribution in [2.45, 2.75) is 39.5 Å². The number of benzene rings is 3. The molecular formula is C29H29NO5. The Hall–Kier alpha value is -4.06. The van der Waals surface area contributed by atoms with Crippen molar-refractivity contribution in [3.63, 3.8) is 0 Å². The zero-order chi connectivity index (χ0) is 25.1. The summed E-state index contributed by atoms with van der Waals surface area (Å²) in [5, 5.41) is 11.2. The van der Waals surface area contributed by atoms with Crippen LogP contribution in [0.1, 0.15) is 42.1 Å². The number of aliphatic hydroxyl groups excluding tert-OH is 1. The Kier molecular flexibility index (Phi) is 6.92. The van der Waals surface area contributed by atoms with Gasteiger partial charge in [0.25, 0.3) is 11.7 Å². The van der Waals surface area contributed by atoms with Gasteiger partial charge in [-0.3, -0.25) is 9.59 Å². The Morgan fingerprint density at radius 2 is 1.66 bits per heavy atom. The van der Waals surface area contributed by atoms with Crippen LogP contribution < -0.4 is 9.47 Å². The second kappa shape index (κ2) is 10.1. The summed E-state index contributed by atoms with van der Waals surface area (Å²) >= 11 is 0. The third kappa shape index (κ3) is 5.06. The summed E-state index contributed by atoms with van der Waals surface area (Å²) in [5.41, 5.74) is 3.09. The number of aryl methyl sites for hydroxylation is 1. The molecule has 1 aliphatic heterocycles. The maximum absolute atomic E-state index is 13.2. The number of hydrogen-bond acceptors (Lipinski definition) is 5. The van der Waals surface area contributed by atoms with Gasteiger partial charge in [0.05, 0.1) is 24.8 Å². The first kappa shape index (κ1) is 24.1. The highest BCUT2D eigenvalue weighted by atomic mass is 16.5. The average Bonchev–Trinajstić information content (AvgIpc) is 3.10. The van der Waals surface area contributed by atoms with Crippen molar-refractivity contribution in [2.75, 3.05) is 7.11 Å². The summed E-state index contributed by atoms with van der Waals surface area (Å²) in [5.74, 6) is -0.239. The fourth-order valence-corrected chi connectivity index (χ4v) is 4.21. The van der Waals surface area contributed by atoms with Crippen LogP contribution in [0.15, 0.2) is 78.4 Å². The molecule has 3 aromatic rings. The van der Waals surface area contributed by atoms with Gasteiger partial charge in [-0.05, 0) is 56.2 Å². The first-order chi connectivity index (χ1) is 16.8. The molecule has 1 N–H and O–H groups in total. The largest absolute Gasteiger partial charge is 0.507 e. The molecular weight excluding hydrogens is 442 g/mol. The monoisotopic (exact) mass is 471 g/mol. The highest BCUT2D eigenvalue weighted by Crippen LogP contribution is 2.41. The number of Topliss-reactive ketones (excluding diaryl/α,β-unsaturated/α-hetero) is 1. The van der Waals surface area contributed by atoms with Crippen LogP contribution in [-0.2, 0) is 16.1 Å². The van der Waals surface area contributed by atoms with Crippen molar-refractivity contribution < 1.29 is 24.2 Å². The lowest BCUT2D eigenvalue weighted by atomic mass is 9.94. The van der Waals surface area contributed by atoms with Gasteiger partial charge < -0.3 is 19.5 Å². The molecule has 35 heavy (non-hydrogen) atoms. The summed E-state index contributed by atoms with van der Waals surface area (Å²) in [6.45, 7) is 6.04. The lowest BCUT2D eigenvalue weighted by molar-refractivity contribution is -0.140. The quantitative estimate of drug-likeness (QED) is 0.283. The Morgan fingerprint density at radius 3 is 2.29 bits per heavy atom. The Balaban J connectivity index is 1.78. The van der Waals surface area contributed by atoms with E-state index in [4.69, 9.17) is 9.47 Å². The number of nitrogens with zero attached hydrogens (tertiary/aromatic N) is 1. The molecule has 180 valence electrons. The summed E-state index contributed by atoms with van der Waals surface area (Å²) in [6.07, 6.45) is 0.0496. The molecule has 0 aliphatic carbocycles. The minimum atomic E-state index is -0.766. The minimum Gasteiger partial charge on any atom is -0.507 e. The number of rotatable bonds is 7. The highest BCUT2D eigenvalue weighted by Gasteiger charge is 2.46. The third-order valence-electron chi connectivity index (χ3n) is 5.92. The van der Waals surface area contributed by atoms with E-state index in [1.807, 2.05) is 63.2 Å². The molecule has 0 bridgehead atoms. The van der Waals surface area contributed by atoms with Crippen LogP contribution in [0.2, 0.25) is 0 Å². The smallest absolute Gasteiger partial charge is 0.295 e. The van der Waals surface area contributed by atoms with E-state index in [0.29, 0.717) is 16.9 Å². The zero-order valence-corrected chi connectivity index (χ0v) is 20.3. The van der Waals surface area contributed by atoms with Crippen LogP contribution in [0.3, 0.4) is 0 Å². The summed E-state index contributed by atoms with van der Waals surface area (Å²) in [7, 11) is 1.56. The summed E-state index contributed by atoms with van der Waals surface area (Å²) < 4.78 is 11.1. The first-order valence-electron chi connectivity index (χ1n) is 11.5. The normalized spacial score (nSPS) is 17.2. The maximum Gasteiger partial charge on any atom is 0.295 e. The summed E-state index contributed by atoms with van der Waals surface area (Å²) in [4.78, 5) is 28.0. The molecule has 6 heteroatoms. The van der Waals surface area contributed by atoms with E-state index in [-0.39, 0.29) is 24.0 Å². The Bertz CT molecular complexity index is 1260. The number of amides is 1. The molecule has 1 atom stereocenters. The number of ether oxygens (including phenoxy) is 2. The van der Waals surface area contributed by atoms with Crippen molar-refractivity contribution in [1.82, 2.24) is 4.90 Å². The van der Waals surface area contributed by atoms with Crippen molar-refractivity contribution in [3.8, 4) is 11.5 Å². The zero-order valence-electron chi connectivity index (χ0n) is 20.3. The van der Waals surface area contributed by atoms with Gasteiger partial charge in [0, 0.05) is 12.1 Å². The van der Waals surface area contributed by atoms with E-state index in [1.165, 1.54) is 4.90 Å². The predicted molar refractivity (Wildman–Crippen MR) is 134 cm³/mol. The minimum absolute atomic E-state index is 0.0496. The second-order valence-electron chi connectivity index (χ2n) is 8.88. The van der Waals surface area contributed by atoms with Crippen LogP contribution in [0.25, 0.3) is 5.76 Å². The number of methoxy groups -OCH3 is 1. The van der Waals surface area contributed by atoms with Crippen molar-refractivity contribution in [1.29, 1.82) is 0 Å². The maximum atomic E-state index is 13.2. The lowest BCUT2D eigenvalue weighted by Crippen LogP contribution is -2.29. The molecule has 0 saturated carbocycles. The van der Waals surface area contributed by atoms with Gasteiger partial charge in [-0.1, -0.05) is 54.1 Å². The third-order valence-corrected chi connectivity index (χ3v) is 5.92. The first-order valence-corrected chi connectivity index (χ1v) is 11.5. The molecule has 1 saturated heterocycles. The number of carbonyl (C=O) groups excluding carboxylic acids is 2. The van der Waals surface area contributed by atoms with E-state index >= 15 is 0 Å². The molecule has 4 rings (SSSR count). The van der Waals surface area contributed by atoms with Gasteiger partial charge in [-0.15, -0.1) is 0 Å². The van der Waals surface area contributed by atoms with Crippen LogP contribution in [0.5, 0.6) is 11.5 Å². The number of ketones is 1. The molecule has 3 aromatic carbocycles. The van der Waals surface area contributed by atoms with Gasteiger partial charge >= 0.3 is 0 Å². The van der Waals surface area contributed by atoms with E-state index in [2.05, 4.69) is 0 Å². The average molecular weight is 472 g/mol. The van der Waals surface area contributed by atoms with Crippen molar-refractivity contribution in [3.05, 3.63) is 101 Å². The van der Waals surface area contributed by atoms with Gasteiger partial charge in [0.2, 0.25) is 0 Å². The molecule has 1 fully saturated rings. The standard InChI is InChI=1S/C29H29NO5/c1-18(2)35-23-14-10-20(11-15-23)17-30-26(22-6-5-7-24(16-22)34-4)25(28(32)29(30)33)27(31)21-12-8-19(3)9-13-21/h5-16,18,26,31H,17H2,1-4H3/b27-25-. The van der Waals surface area contributed by atoms with E-state index < -0.39 is 17.7 Å². The molecule has 0 aromatic heterocycles. The molecule has 0 radical (unpaired) electrons. The number of likely N-dealkylation sites (tertiary alicyclic amines) is 1. The van der Waals surface area contributed by atoms with Crippen LogP contribution in [0.4, 0.5) is 0 Å². The van der Waals surface area contributed by atoms with Gasteiger partial charge in [-0.25, -0.2) is 0 Å². The number of aliphatic hydroxyl groups is 1. The number of carbonyl (C=O) groups is 2. The SMILES string of the molecule is COc1cccc(C2/C(=C(/O)c3ccc(C)cc3)C(=O)C(=O)N2Cc2ccc(OC(C)C)cc2)c1. The van der Waals surface area contributed by atoms with Crippen molar-refractivity contribution >= 4 is 17.4 Å². The molecule has 1 amide bonds. The lowest BCUT2D eigenvalue weighted by Gasteiger charge is -2.26. The van der Waals surface area contributed by atoms with Crippen LogP contribution in [-0.4, -0.2) is 34.9 Å². The van der Waals surface area contributed by atoms with Crippen LogP contribution in [0, 0.1) is 6.92 Å². The highest BCUT2D eigenvalue weighted by molar-refractivity contribution is 6.46. The predicted octanol–water partition coefficient (Wildman–Crippen LogP) is 5.41. The van der Waals surface area contributed by atoms with Gasteiger partial charge in [0.1, 0.15) is 17.3 Å². The molecule has 0 spiro atoms. The Morgan fingerprint density at radius 1 is 0.971 bits per heavy atom. The molecule has 6 nitrogen and oxygen atoms in total. The topological polar surface area (TPSA) is 76.1 Å². The number of hydrogen-bond donors (Lipinski definition) is 1. The van der Waals surface area contributed by atoms with E-state index in [0.717, 1.165) is 16.9 Å². The fraction of sp³-hybridized carbons (Fsp3) is 0.241. The van der Waals surface area contributed by atoms with Gasteiger partial charge in [0.15, 0.2) is 0 Å². The molecule has 1 unspecified atom stereocenters. The Labute approximate surface area is 205 Å². The summed E-state index contributed by atoms with van der Waals surface area (Å²) in [6, 6.07) is 21.1. The molecule has 1 heterocycles. The van der Waals surface area contributed by atoms with E-state index in [9.17, 15) is 14.7 Å². The second-order valence-corrected chi connectivity index (χ2v) is 8.88. The van der Waals surface area contributed by atoms with E-state index in [1.54, 1.807) is 37.4 Å². The molecule has 1 aliphatic rings. The van der Waals surface area contributed by atoms with Crippen molar-refractivity contribution in [2.24, 2.45) is 0 Å².